The van der Waals surface area contributed by atoms with Crippen molar-refractivity contribution in [2.75, 3.05) is 5.32 Å². The predicted octanol–water partition coefficient (Wildman–Crippen LogP) is 1.68. The largest absolute Gasteiger partial charge is 0.463 e. The summed E-state index contributed by atoms with van der Waals surface area (Å²) in [5.74, 6) is -1.16. The highest BCUT2D eigenvalue weighted by molar-refractivity contribution is 6.39. The normalized spacial score (nSPS) is 10.4. The van der Waals surface area contributed by atoms with Gasteiger partial charge in [0.1, 0.15) is 5.76 Å². The molecule has 6 heteroatoms. The lowest BCUT2D eigenvalue weighted by atomic mass is 10.2. The topological polar surface area (TPSA) is 83.7 Å². The molecule has 2 N–H and O–H groups in total. The molecule has 0 saturated heterocycles. The standard InChI is InChI=1S/C14H13N3O3/c1-10-4-6-11(7-5-10)16-13(18)14(19)17-15-9-12-3-2-8-20-12/h2-9H,1H3,(H,16,18)(H,17,19)/b15-9+. The van der Waals surface area contributed by atoms with E-state index in [0.717, 1.165) is 5.56 Å². The van der Waals surface area contributed by atoms with E-state index >= 15 is 0 Å². The molecular formula is C14H13N3O3. The van der Waals surface area contributed by atoms with Crippen molar-refractivity contribution in [1.29, 1.82) is 0 Å². The monoisotopic (exact) mass is 271 g/mol. The van der Waals surface area contributed by atoms with E-state index in [1.807, 2.05) is 19.1 Å². The summed E-state index contributed by atoms with van der Waals surface area (Å²) in [4.78, 5) is 23.0. The molecule has 102 valence electrons. The Morgan fingerprint density at radius 1 is 1.15 bits per heavy atom. The van der Waals surface area contributed by atoms with E-state index in [0.29, 0.717) is 11.4 Å². The molecule has 1 aromatic carbocycles. The lowest BCUT2D eigenvalue weighted by Crippen LogP contribution is -2.32. The molecule has 2 amide bonds. The van der Waals surface area contributed by atoms with Crippen molar-refractivity contribution < 1.29 is 14.0 Å². The van der Waals surface area contributed by atoms with E-state index < -0.39 is 11.8 Å². The maximum atomic E-state index is 11.6. The summed E-state index contributed by atoms with van der Waals surface area (Å²) >= 11 is 0. The van der Waals surface area contributed by atoms with Crippen LogP contribution in [0.3, 0.4) is 0 Å². The minimum absolute atomic E-state index is 0.476. The van der Waals surface area contributed by atoms with Crippen LogP contribution in [0.1, 0.15) is 11.3 Å². The van der Waals surface area contributed by atoms with Gasteiger partial charge in [-0.3, -0.25) is 9.59 Å². The van der Waals surface area contributed by atoms with Crippen molar-refractivity contribution in [3.8, 4) is 0 Å². The molecule has 1 aromatic heterocycles. The molecule has 0 saturated carbocycles. The zero-order chi connectivity index (χ0) is 14.4. The molecule has 0 unspecified atom stereocenters. The number of amides is 2. The number of hydrogen-bond donors (Lipinski definition) is 2. The first-order chi connectivity index (χ1) is 9.65. The van der Waals surface area contributed by atoms with E-state index in [4.69, 9.17) is 4.42 Å². The van der Waals surface area contributed by atoms with Crippen LogP contribution in [0.25, 0.3) is 0 Å². The van der Waals surface area contributed by atoms with Crippen LogP contribution < -0.4 is 10.7 Å². The number of hydrogen-bond acceptors (Lipinski definition) is 4. The van der Waals surface area contributed by atoms with Crippen molar-refractivity contribution in [2.24, 2.45) is 5.10 Å². The summed E-state index contributed by atoms with van der Waals surface area (Å²) in [6.45, 7) is 1.93. The van der Waals surface area contributed by atoms with Crippen molar-refractivity contribution >= 4 is 23.7 Å². The van der Waals surface area contributed by atoms with Crippen LogP contribution in [0.2, 0.25) is 0 Å². The average Bonchev–Trinajstić information content (AvgIpc) is 2.94. The highest BCUT2D eigenvalue weighted by atomic mass is 16.3. The molecule has 0 atom stereocenters. The van der Waals surface area contributed by atoms with Gasteiger partial charge in [0.15, 0.2) is 0 Å². The third-order valence-corrected chi connectivity index (χ3v) is 2.42. The van der Waals surface area contributed by atoms with Crippen LogP contribution in [0.15, 0.2) is 52.2 Å². The van der Waals surface area contributed by atoms with Crippen LogP contribution in [-0.4, -0.2) is 18.0 Å². The smallest absolute Gasteiger partial charge is 0.329 e. The molecule has 0 radical (unpaired) electrons. The highest BCUT2D eigenvalue weighted by Gasteiger charge is 2.12. The van der Waals surface area contributed by atoms with Crippen molar-refractivity contribution in [3.63, 3.8) is 0 Å². The van der Waals surface area contributed by atoms with E-state index in [2.05, 4.69) is 15.8 Å². The van der Waals surface area contributed by atoms with Crippen LogP contribution in [-0.2, 0) is 9.59 Å². The number of carbonyl (C=O) groups is 2. The molecule has 0 aliphatic carbocycles. The van der Waals surface area contributed by atoms with Gasteiger partial charge in [0.05, 0.1) is 12.5 Å². The Bertz CT molecular complexity index is 616. The fraction of sp³-hybridized carbons (Fsp3) is 0.0714. The van der Waals surface area contributed by atoms with Gasteiger partial charge in [-0.05, 0) is 31.2 Å². The van der Waals surface area contributed by atoms with Gasteiger partial charge in [-0.15, -0.1) is 0 Å². The summed E-state index contributed by atoms with van der Waals surface area (Å²) in [7, 11) is 0. The van der Waals surface area contributed by atoms with Gasteiger partial charge in [-0.25, -0.2) is 5.43 Å². The number of aryl methyl sites for hydroxylation is 1. The van der Waals surface area contributed by atoms with Gasteiger partial charge >= 0.3 is 11.8 Å². The number of benzene rings is 1. The third kappa shape index (κ3) is 3.81. The molecule has 20 heavy (non-hydrogen) atoms. The zero-order valence-electron chi connectivity index (χ0n) is 10.8. The third-order valence-electron chi connectivity index (χ3n) is 2.42. The molecule has 2 rings (SSSR count). The molecule has 0 fully saturated rings. The Kier molecular flexibility index (Phi) is 4.28. The number of nitrogens with one attached hydrogen (secondary N) is 2. The quantitative estimate of drug-likeness (QED) is 0.506. The molecule has 0 bridgehead atoms. The van der Waals surface area contributed by atoms with Crippen molar-refractivity contribution in [1.82, 2.24) is 5.43 Å². The minimum Gasteiger partial charge on any atom is -0.463 e. The average molecular weight is 271 g/mol. The molecule has 6 nitrogen and oxygen atoms in total. The lowest BCUT2D eigenvalue weighted by molar-refractivity contribution is -0.136. The number of nitrogens with zero attached hydrogens (tertiary/aromatic N) is 1. The molecule has 1 heterocycles. The Morgan fingerprint density at radius 3 is 2.55 bits per heavy atom. The molecule has 0 aliphatic heterocycles. The Morgan fingerprint density at radius 2 is 1.90 bits per heavy atom. The first-order valence-corrected chi connectivity index (χ1v) is 5.90. The van der Waals surface area contributed by atoms with Crippen LogP contribution in [0.5, 0.6) is 0 Å². The second-order valence-electron chi connectivity index (χ2n) is 4.03. The first-order valence-electron chi connectivity index (χ1n) is 5.90. The van der Waals surface area contributed by atoms with Crippen LogP contribution in [0, 0.1) is 6.92 Å². The van der Waals surface area contributed by atoms with Crippen LogP contribution >= 0.6 is 0 Å². The highest BCUT2D eigenvalue weighted by Crippen LogP contribution is 2.08. The predicted molar refractivity (Wildman–Crippen MR) is 74.3 cm³/mol. The number of hydrazone groups is 1. The van der Waals surface area contributed by atoms with E-state index in [-0.39, 0.29) is 0 Å². The maximum Gasteiger partial charge on any atom is 0.329 e. The molecule has 0 aliphatic rings. The summed E-state index contributed by atoms with van der Waals surface area (Å²) in [5.41, 5.74) is 3.72. The fourth-order valence-electron chi connectivity index (χ4n) is 1.39. The summed E-state index contributed by atoms with van der Waals surface area (Å²) in [6.07, 6.45) is 2.78. The maximum absolute atomic E-state index is 11.6. The van der Waals surface area contributed by atoms with E-state index in [9.17, 15) is 9.59 Å². The van der Waals surface area contributed by atoms with Gasteiger partial charge in [-0.2, -0.15) is 5.10 Å². The molecule has 2 aromatic rings. The second kappa shape index (κ2) is 6.33. The number of carbonyl (C=O) groups excluding carboxylic acids is 2. The lowest BCUT2D eigenvalue weighted by Gasteiger charge is -2.03. The van der Waals surface area contributed by atoms with Crippen molar-refractivity contribution in [2.45, 2.75) is 6.92 Å². The SMILES string of the molecule is Cc1ccc(NC(=O)C(=O)N/N=C/c2ccco2)cc1. The zero-order valence-corrected chi connectivity index (χ0v) is 10.8. The molecule has 0 spiro atoms. The van der Waals surface area contributed by atoms with Gasteiger partial charge in [0.2, 0.25) is 0 Å². The van der Waals surface area contributed by atoms with E-state index in [1.165, 1.54) is 12.5 Å². The number of rotatable bonds is 3. The van der Waals surface area contributed by atoms with Gasteiger partial charge in [0.25, 0.3) is 0 Å². The second-order valence-corrected chi connectivity index (χ2v) is 4.03. The van der Waals surface area contributed by atoms with Gasteiger partial charge < -0.3 is 9.73 Å². The van der Waals surface area contributed by atoms with E-state index in [1.54, 1.807) is 24.3 Å². The summed E-state index contributed by atoms with van der Waals surface area (Å²) < 4.78 is 4.98. The van der Waals surface area contributed by atoms with Gasteiger partial charge in [-0.1, -0.05) is 17.7 Å². The van der Waals surface area contributed by atoms with Crippen molar-refractivity contribution in [3.05, 3.63) is 54.0 Å². The van der Waals surface area contributed by atoms with Gasteiger partial charge in [0, 0.05) is 5.69 Å². The van der Waals surface area contributed by atoms with Crippen LogP contribution in [0.4, 0.5) is 5.69 Å². The Balaban J connectivity index is 1.86. The minimum atomic E-state index is -0.853. The number of furan rings is 1. The molecular weight excluding hydrogens is 258 g/mol. The first kappa shape index (κ1) is 13.5. The number of anilines is 1. The Hall–Kier alpha value is -2.89. The Labute approximate surface area is 115 Å². The fourth-order valence-corrected chi connectivity index (χ4v) is 1.39. The summed E-state index contributed by atoms with van der Waals surface area (Å²) in [6, 6.07) is 10.5. The summed E-state index contributed by atoms with van der Waals surface area (Å²) in [5, 5.41) is 6.08.